The average Bonchev–Trinajstić information content (AvgIpc) is 2.88. The molecule has 2 heterocycles. The first kappa shape index (κ1) is 9.38. The lowest BCUT2D eigenvalue weighted by Gasteiger charge is -2.13. The zero-order valence-corrected chi connectivity index (χ0v) is 8.14. The first-order valence-electron chi connectivity index (χ1n) is 4.37. The number of aromatic nitrogens is 5. The summed E-state index contributed by atoms with van der Waals surface area (Å²) in [5, 5.41) is 9.68. The van der Waals surface area contributed by atoms with Gasteiger partial charge in [-0.1, -0.05) is 0 Å². The Kier molecular flexibility index (Phi) is 2.44. The number of aromatic amines is 2. The summed E-state index contributed by atoms with van der Waals surface area (Å²) in [5.74, 6) is 0.537. The summed E-state index contributed by atoms with van der Waals surface area (Å²) in [7, 11) is 1.68. The van der Waals surface area contributed by atoms with Crippen LogP contribution in [-0.4, -0.2) is 43.2 Å². The van der Waals surface area contributed by atoms with Gasteiger partial charge in [0, 0.05) is 19.4 Å². The largest absolute Gasteiger partial charge is 0.347 e. The van der Waals surface area contributed by atoms with Crippen LogP contribution in [0, 0.1) is 0 Å². The second kappa shape index (κ2) is 3.91. The lowest BCUT2D eigenvalue weighted by atomic mass is 10.4. The average molecular weight is 206 g/mol. The first-order chi connectivity index (χ1) is 7.27. The minimum atomic E-state index is -0.194. The van der Waals surface area contributed by atoms with Crippen molar-refractivity contribution in [3.63, 3.8) is 0 Å². The Morgan fingerprint density at radius 3 is 3.07 bits per heavy atom. The Balaban J connectivity index is 2.03. The number of carbonyl (C=O) groups is 1. The van der Waals surface area contributed by atoms with Crippen molar-refractivity contribution >= 4 is 5.91 Å². The summed E-state index contributed by atoms with van der Waals surface area (Å²) in [5.41, 5.74) is 0.295. The van der Waals surface area contributed by atoms with Crippen LogP contribution in [-0.2, 0) is 6.54 Å². The van der Waals surface area contributed by atoms with Gasteiger partial charge in [0.15, 0.2) is 5.69 Å². The number of hydrogen-bond donors (Lipinski definition) is 2. The molecule has 0 atom stereocenters. The van der Waals surface area contributed by atoms with Crippen LogP contribution in [0.2, 0.25) is 0 Å². The first-order valence-corrected chi connectivity index (χ1v) is 4.37. The Bertz CT molecular complexity index is 420. The molecule has 78 valence electrons. The predicted molar refractivity (Wildman–Crippen MR) is 50.8 cm³/mol. The Morgan fingerprint density at radius 2 is 2.47 bits per heavy atom. The number of nitrogens with one attached hydrogen (secondary N) is 2. The molecule has 0 aliphatic heterocycles. The van der Waals surface area contributed by atoms with Gasteiger partial charge in [0.1, 0.15) is 5.82 Å². The van der Waals surface area contributed by atoms with Crippen LogP contribution < -0.4 is 0 Å². The molecule has 7 nitrogen and oxygen atoms in total. The molecular weight excluding hydrogens is 196 g/mol. The fourth-order valence-electron chi connectivity index (χ4n) is 1.18. The van der Waals surface area contributed by atoms with Crippen LogP contribution in [0.3, 0.4) is 0 Å². The SMILES string of the molecule is CN(Cc1ncc[nH]1)C(=O)c1cn[nH]n1. The topological polar surface area (TPSA) is 90.6 Å². The van der Waals surface area contributed by atoms with Gasteiger partial charge in [0.25, 0.3) is 5.91 Å². The van der Waals surface area contributed by atoms with Crippen LogP contribution in [0.4, 0.5) is 0 Å². The van der Waals surface area contributed by atoms with Crippen LogP contribution in [0.25, 0.3) is 0 Å². The van der Waals surface area contributed by atoms with E-state index < -0.39 is 0 Å². The van der Waals surface area contributed by atoms with Crippen LogP contribution in [0.1, 0.15) is 16.3 Å². The number of hydrogen-bond acceptors (Lipinski definition) is 4. The molecule has 2 rings (SSSR count). The molecule has 0 saturated heterocycles. The van der Waals surface area contributed by atoms with E-state index in [9.17, 15) is 4.79 Å². The predicted octanol–water partition coefficient (Wildman–Crippen LogP) is -0.200. The van der Waals surface area contributed by atoms with Crippen molar-refractivity contribution in [2.24, 2.45) is 0 Å². The van der Waals surface area contributed by atoms with E-state index in [-0.39, 0.29) is 5.91 Å². The zero-order chi connectivity index (χ0) is 10.7. The summed E-state index contributed by atoms with van der Waals surface area (Å²) in [6.45, 7) is 0.415. The van der Waals surface area contributed by atoms with Crippen molar-refractivity contribution in [2.75, 3.05) is 7.05 Å². The molecule has 2 aromatic heterocycles. The maximum absolute atomic E-state index is 11.7. The molecule has 0 saturated carbocycles. The highest BCUT2D eigenvalue weighted by molar-refractivity contribution is 5.91. The minimum Gasteiger partial charge on any atom is -0.347 e. The second-order valence-corrected chi connectivity index (χ2v) is 3.05. The van der Waals surface area contributed by atoms with Gasteiger partial charge < -0.3 is 9.88 Å². The molecule has 0 spiro atoms. The van der Waals surface area contributed by atoms with Gasteiger partial charge in [-0.15, -0.1) is 0 Å². The molecule has 0 unspecified atom stereocenters. The monoisotopic (exact) mass is 206 g/mol. The third-order valence-electron chi connectivity index (χ3n) is 1.92. The van der Waals surface area contributed by atoms with E-state index in [1.54, 1.807) is 19.4 Å². The number of imidazole rings is 1. The lowest BCUT2D eigenvalue weighted by Crippen LogP contribution is -2.27. The minimum absolute atomic E-state index is 0.194. The second-order valence-electron chi connectivity index (χ2n) is 3.05. The molecule has 0 fully saturated rings. The number of amides is 1. The molecule has 2 aromatic rings. The zero-order valence-electron chi connectivity index (χ0n) is 8.14. The molecule has 2 N–H and O–H groups in total. The summed E-state index contributed by atoms with van der Waals surface area (Å²) in [4.78, 5) is 20.2. The summed E-state index contributed by atoms with van der Waals surface area (Å²) in [6.07, 6.45) is 4.74. The van der Waals surface area contributed by atoms with Gasteiger partial charge in [-0.3, -0.25) is 4.79 Å². The van der Waals surface area contributed by atoms with E-state index in [4.69, 9.17) is 0 Å². The van der Waals surface area contributed by atoms with E-state index in [2.05, 4.69) is 25.4 Å². The summed E-state index contributed by atoms with van der Waals surface area (Å²) < 4.78 is 0. The van der Waals surface area contributed by atoms with Gasteiger partial charge in [-0.2, -0.15) is 15.4 Å². The van der Waals surface area contributed by atoms with Crippen molar-refractivity contribution in [1.82, 2.24) is 30.3 Å². The Morgan fingerprint density at radius 1 is 1.60 bits per heavy atom. The van der Waals surface area contributed by atoms with E-state index in [0.29, 0.717) is 12.2 Å². The van der Waals surface area contributed by atoms with Crippen LogP contribution >= 0.6 is 0 Å². The molecule has 1 amide bonds. The fourth-order valence-corrected chi connectivity index (χ4v) is 1.18. The van der Waals surface area contributed by atoms with Gasteiger partial charge >= 0.3 is 0 Å². The van der Waals surface area contributed by atoms with Crippen LogP contribution in [0.5, 0.6) is 0 Å². The fraction of sp³-hybridized carbons (Fsp3) is 0.250. The highest BCUT2D eigenvalue weighted by Gasteiger charge is 2.14. The Labute approximate surface area is 85.5 Å². The third-order valence-corrected chi connectivity index (χ3v) is 1.92. The highest BCUT2D eigenvalue weighted by Crippen LogP contribution is 2.01. The number of nitrogens with zero attached hydrogens (tertiary/aromatic N) is 4. The molecule has 15 heavy (non-hydrogen) atoms. The number of carbonyl (C=O) groups excluding carboxylic acids is 1. The number of H-pyrrole nitrogens is 2. The van der Waals surface area contributed by atoms with Crippen molar-refractivity contribution in [3.8, 4) is 0 Å². The van der Waals surface area contributed by atoms with Crippen molar-refractivity contribution in [1.29, 1.82) is 0 Å². The quantitative estimate of drug-likeness (QED) is 0.727. The van der Waals surface area contributed by atoms with E-state index in [1.165, 1.54) is 11.1 Å². The normalized spacial score (nSPS) is 10.2. The molecule has 0 bridgehead atoms. The number of rotatable bonds is 3. The highest BCUT2D eigenvalue weighted by atomic mass is 16.2. The third kappa shape index (κ3) is 2.01. The van der Waals surface area contributed by atoms with Crippen molar-refractivity contribution in [2.45, 2.75) is 6.54 Å². The summed E-state index contributed by atoms with van der Waals surface area (Å²) in [6, 6.07) is 0. The van der Waals surface area contributed by atoms with E-state index >= 15 is 0 Å². The van der Waals surface area contributed by atoms with Gasteiger partial charge in [0.05, 0.1) is 12.7 Å². The molecule has 0 aliphatic rings. The standard InChI is InChI=1S/C8H10N6O/c1-14(5-7-9-2-3-10-7)8(15)6-4-11-13-12-6/h2-4H,5H2,1H3,(H,9,10)(H,11,12,13). The summed E-state index contributed by atoms with van der Waals surface area (Å²) >= 11 is 0. The lowest BCUT2D eigenvalue weighted by molar-refractivity contribution is 0.0776. The molecular formula is C8H10N6O. The maximum Gasteiger partial charge on any atom is 0.276 e. The van der Waals surface area contributed by atoms with Crippen molar-refractivity contribution in [3.05, 3.63) is 30.1 Å². The van der Waals surface area contributed by atoms with Crippen LogP contribution in [0.15, 0.2) is 18.6 Å². The van der Waals surface area contributed by atoms with E-state index in [1.807, 2.05) is 0 Å². The Hall–Kier alpha value is -2.18. The van der Waals surface area contributed by atoms with Crippen molar-refractivity contribution < 1.29 is 4.79 Å². The maximum atomic E-state index is 11.7. The smallest absolute Gasteiger partial charge is 0.276 e. The van der Waals surface area contributed by atoms with E-state index in [0.717, 1.165) is 5.82 Å². The van der Waals surface area contributed by atoms with Gasteiger partial charge in [0.2, 0.25) is 0 Å². The molecule has 0 aromatic carbocycles. The molecule has 7 heteroatoms. The molecule has 0 aliphatic carbocycles. The van der Waals surface area contributed by atoms with Gasteiger partial charge in [-0.25, -0.2) is 4.98 Å². The van der Waals surface area contributed by atoms with Gasteiger partial charge in [-0.05, 0) is 0 Å². The molecule has 0 radical (unpaired) electrons.